The topological polar surface area (TPSA) is 207 Å². The van der Waals surface area contributed by atoms with Gasteiger partial charge >= 0.3 is 6.01 Å². The van der Waals surface area contributed by atoms with E-state index in [1.54, 1.807) is 29.4 Å². The van der Waals surface area contributed by atoms with Gasteiger partial charge in [0.15, 0.2) is 11.6 Å². The molecule has 1 amide bonds. The number of likely N-dealkylation sites (tertiary alicyclic amines) is 2. The van der Waals surface area contributed by atoms with Crippen molar-refractivity contribution in [3.05, 3.63) is 102 Å². The SMILES string of the molecule is CCc1cccc2cc(O)cc(-c3ncc4c(N5CC6CCC(C5)N6)nc(OCCN5CCC(CC6CCN(c7cc([C@H](C(C)C)C(O)N8C[C@H](O)C[C@H]8C(=O)N[C@@H](C)c8ccc(-c9ccnn9C)cc8)on7)CC6)CC5)nc4c3F)c12. The highest BCUT2D eigenvalue weighted by atomic mass is 19.1. The number of benzene rings is 3. The van der Waals surface area contributed by atoms with E-state index in [-0.39, 0.29) is 53.8 Å². The second-order valence-corrected chi connectivity index (χ2v) is 24.3. The molecular weight excluding hydrogens is 1040 g/mol. The number of phenolic OH excluding ortho intramolecular Hbond substituents is 1. The highest BCUT2D eigenvalue weighted by molar-refractivity contribution is 6.01. The minimum atomic E-state index is -1.08. The molecule has 2 bridgehead atoms. The average molecular weight is 1120 g/mol. The number of aliphatic hydroxyl groups is 2. The highest BCUT2D eigenvalue weighted by Gasteiger charge is 2.44. The number of pyridine rings is 1. The van der Waals surface area contributed by atoms with Gasteiger partial charge in [-0.25, -0.2) is 4.39 Å². The number of piperidine rings is 2. The van der Waals surface area contributed by atoms with Crippen molar-refractivity contribution in [2.75, 3.05) is 68.8 Å². The van der Waals surface area contributed by atoms with E-state index in [0.717, 1.165) is 123 Å². The molecular formula is C63H79FN12O6. The summed E-state index contributed by atoms with van der Waals surface area (Å²) in [6, 6.07) is 21.0. The predicted molar refractivity (Wildman–Crippen MR) is 314 cm³/mol. The molecule has 3 aromatic carbocycles. The molecule has 4 aromatic heterocycles. The van der Waals surface area contributed by atoms with Crippen LogP contribution in [-0.2, 0) is 18.3 Å². The maximum Gasteiger partial charge on any atom is 0.319 e. The summed E-state index contributed by atoms with van der Waals surface area (Å²) >= 11 is 0. The van der Waals surface area contributed by atoms with Gasteiger partial charge in [0.25, 0.3) is 0 Å². The lowest BCUT2D eigenvalue weighted by molar-refractivity contribution is -0.131. The molecule has 7 atom stereocenters. The Morgan fingerprint density at radius 2 is 1.66 bits per heavy atom. The van der Waals surface area contributed by atoms with Crippen LogP contribution in [-0.4, -0.2) is 150 Å². The van der Waals surface area contributed by atoms with Gasteiger partial charge in [-0.05, 0) is 141 Å². The van der Waals surface area contributed by atoms with Gasteiger partial charge in [0.05, 0.1) is 35.2 Å². The Hall–Kier alpha value is -6.77. The van der Waals surface area contributed by atoms with Crippen LogP contribution in [0, 0.1) is 23.6 Å². The van der Waals surface area contributed by atoms with Crippen molar-refractivity contribution in [3.8, 4) is 34.3 Å². The molecule has 18 nitrogen and oxygen atoms in total. The molecule has 7 aromatic rings. The number of amides is 1. The van der Waals surface area contributed by atoms with E-state index >= 15 is 4.39 Å². The maximum absolute atomic E-state index is 17.1. The second kappa shape index (κ2) is 23.8. The lowest BCUT2D eigenvalue weighted by Gasteiger charge is -2.36. The van der Waals surface area contributed by atoms with E-state index in [9.17, 15) is 20.1 Å². The minimum absolute atomic E-state index is 0.0457. The van der Waals surface area contributed by atoms with Gasteiger partial charge in [0.2, 0.25) is 5.91 Å². The Labute approximate surface area is 479 Å². The number of ether oxygens (including phenoxy) is 1. The summed E-state index contributed by atoms with van der Waals surface area (Å²) in [6.07, 6.45) is 10.3. The number of aromatic nitrogens is 6. The number of halogens is 1. The van der Waals surface area contributed by atoms with Crippen LogP contribution >= 0.6 is 0 Å². The van der Waals surface area contributed by atoms with Crippen molar-refractivity contribution in [3.63, 3.8) is 0 Å². The van der Waals surface area contributed by atoms with Crippen molar-refractivity contribution in [2.45, 2.75) is 128 Å². The fourth-order valence-electron chi connectivity index (χ4n) is 14.0. The van der Waals surface area contributed by atoms with Crippen molar-refractivity contribution in [2.24, 2.45) is 24.8 Å². The lowest BCUT2D eigenvalue weighted by Crippen LogP contribution is -2.51. The van der Waals surface area contributed by atoms with E-state index < -0.39 is 30.1 Å². The quantitative estimate of drug-likeness (QED) is 0.0547. The van der Waals surface area contributed by atoms with Crippen molar-refractivity contribution < 1.29 is 33.8 Å². The molecule has 0 aliphatic carbocycles. The zero-order valence-electron chi connectivity index (χ0n) is 47.9. The molecule has 5 aliphatic rings. The first-order chi connectivity index (χ1) is 39.7. The summed E-state index contributed by atoms with van der Waals surface area (Å²) in [5.74, 6) is 1.97. The maximum atomic E-state index is 17.1. The molecule has 82 heavy (non-hydrogen) atoms. The van der Waals surface area contributed by atoms with Gasteiger partial charge < -0.3 is 45.0 Å². The Morgan fingerprint density at radius 1 is 0.915 bits per heavy atom. The van der Waals surface area contributed by atoms with Gasteiger partial charge in [-0.3, -0.25) is 24.3 Å². The molecule has 434 valence electrons. The second-order valence-electron chi connectivity index (χ2n) is 24.3. The number of hydrogen-bond donors (Lipinski definition) is 5. The number of carbonyl (C=O) groups is 1. The van der Waals surface area contributed by atoms with E-state index in [2.05, 4.69) is 42.5 Å². The summed E-state index contributed by atoms with van der Waals surface area (Å²) in [6.45, 7) is 14.6. The highest BCUT2D eigenvalue weighted by Crippen LogP contribution is 2.41. The van der Waals surface area contributed by atoms with Crippen LogP contribution < -0.4 is 25.2 Å². The summed E-state index contributed by atoms with van der Waals surface area (Å²) in [5.41, 5.74) is 4.87. The minimum Gasteiger partial charge on any atom is -0.508 e. The molecule has 19 heteroatoms. The van der Waals surface area contributed by atoms with Gasteiger partial charge in [-0.15, -0.1) is 0 Å². The van der Waals surface area contributed by atoms with Crippen LogP contribution in [0.4, 0.5) is 16.0 Å². The third kappa shape index (κ3) is 11.5. The van der Waals surface area contributed by atoms with Gasteiger partial charge in [0.1, 0.15) is 41.4 Å². The number of β-amino-alcohol motifs (C(OH)–C–C–N with tert-alkyl or cyclic N) is 1. The van der Waals surface area contributed by atoms with Crippen molar-refractivity contribution >= 4 is 39.2 Å². The van der Waals surface area contributed by atoms with Crippen LogP contribution in [0.15, 0.2) is 83.6 Å². The number of carbonyl (C=O) groups excluding carboxylic acids is 1. The fourth-order valence-corrected chi connectivity index (χ4v) is 14.0. The largest absolute Gasteiger partial charge is 0.508 e. The van der Waals surface area contributed by atoms with E-state index in [4.69, 9.17) is 24.2 Å². The monoisotopic (exact) mass is 1120 g/mol. The number of anilines is 2. The predicted octanol–water partition coefficient (Wildman–Crippen LogP) is 8.35. The Bertz CT molecular complexity index is 3360. The summed E-state index contributed by atoms with van der Waals surface area (Å²) in [7, 11) is 1.91. The van der Waals surface area contributed by atoms with Gasteiger partial charge in [-0.1, -0.05) is 68.4 Å². The molecule has 12 rings (SSSR count). The number of aryl methyl sites for hydroxylation is 2. The molecule has 5 fully saturated rings. The molecule has 5 N–H and O–H groups in total. The first kappa shape index (κ1) is 55.7. The average Bonchev–Trinajstić information content (AvgIpc) is 4.13. The molecule has 0 spiro atoms. The summed E-state index contributed by atoms with van der Waals surface area (Å²) in [5, 5.41) is 51.6. The molecule has 3 unspecified atom stereocenters. The normalized spacial score (nSPS) is 22.4. The van der Waals surface area contributed by atoms with Gasteiger partial charge in [-0.2, -0.15) is 15.1 Å². The third-order valence-electron chi connectivity index (χ3n) is 18.5. The Kier molecular flexibility index (Phi) is 16.2. The number of aliphatic hydroxyl groups excluding tert-OH is 2. The number of rotatable bonds is 18. The lowest BCUT2D eigenvalue weighted by atomic mass is 9.83. The number of nitrogens with one attached hydrogen (secondary N) is 2. The standard InChI is InChI=1S/C63H79FN12O6/c1-6-41-8-7-9-44-29-47(77)30-49(56(41)44)58-57(64)59-50(33-65-58)60(75-34-45-14-15-46(35-75)68-45)70-63(69-59)81-27-26-73-22-17-39(18-23-73)28-40-19-24-74(25-20-40)54-32-53(82-71-54)55(37(2)3)62(80)76-36-48(78)31-52(76)61(79)67-38(4)42-10-12-43(13-11-42)51-16-21-66-72(51)5/h7-13,16,21,29-30,32-33,37-40,45-46,48,52,55,62,68,77-78,80H,6,14-15,17-20,22-28,31,34-36H2,1-5H3,(H,67,79)/t38-,45?,46?,48+,52-,55-,62?/m0/s1. The van der Waals surface area contributed by atoms with Crippen LogP contribution in [0.25, 0.3) is 44.2 Å². The molecule has 0 radical (unpaired) electrons. The third-order valence-corrected chi connectivity index (χ3v) is 18.5. The zero-order valence-corrected chi connectivity index (χ0v) is 47.9. The number of hydrogen-bond acceptors (Lipinski definition) is 16. The number of nitrogens with zero attached hydrogens (tertiary/aromatic N) is 10. The molecule has 5 saturated heterocycles. The number of fused-ring (bicyclic) bond motifs is 4. The smallest absolute Gasteiger partial charge is 0.319 e. The fraction of sp³-hybridized carbons (Fsp3) is 0.524. The summed E-state index contributed by atoms with van der Waals surface area (Å²) in [4.78, 5) is 37.0. The molecule has 9 heterocycles. The first-order valence-corrected chi connectivity index (χ1v) is 29.9. The summed E-state index contributed by atoms with van der Waals surface area (Å²) < 4.78 is 31.4. The molecule has 5 aliphatic heterocycles. The van der Waals surface area contributed by atoms with Crippen LogP contribution in [0.2, 0.25) is 0 Å². The molecule has 0 saturated carbocycles. The Balaban J connectivity index is 0.633. The number of aromatic hydroxyl groups is 1. The van der Waals surface area contributed by atoms with E-state index in [1.165, 1.54) is 6.42 Å². The van der Waals surface area contributed by atoms with Gasteiger partial charge in [0, 0.05) is 82.4 Å². The number of piperazine rings is 1. The van der Waals surface area contributed by atoms with Crippen LogP contribution in [0.1, 0.15) is 108 Å². The first-order valence-electron chi connectivity index (χ1n) is 29.9. The van der Waals surface area contributed by atoms with Crippen molar-refractivity contribution in [1.29, 1.82) is 0 Å². The number of phenols is 1. The van der Waals surface area contributed by atoms with Crippen LogP contribution in [0.5, 0.6) is 11.8 Å². The van der Waals surface area contributed by atoms with Crippen LogP contribution in [0.3, 0.4) is 0 Å². The van der Waals surface area contributed by atoms with Crippen molar-refractivity contribution in [1.82, 2.24) is 50.3 Å². The van der Waals surface area contributed by atoms with E-state index in [0.29, 0.717) is 59.6 Å². The van der Waals surface area contributed by atoms with E-state index in [1.807, 2.05) is 87.1 Å². The zero-order chi connectivity index (χ0) is 56.8. The Morgan fingerprint density at radius 3 is 2.37 bits per heavy atom.